The fourth-order valence-corrected chi connectivity index (χ4v) is 2.75. The van der Waals surface area contributed by atoms with Crippen LogP contribution in [0, 0.1) is 6.92 Å². The maximum Gasteiger partial charge on any atom is 0.375 e. The van der Waals surface area contributed by atoms with E-state index in [2.05, 4.69) is 5.32 Å². The number of halogens is 1. The lowest BCUT2D eigenvalue weighted by Gasteiger charge is -2.13. The Morgan fingerprint density at radius 2 is 1.85 bits per heavy atom. The van der Waals surface area contributed by atoms with Crippen LogP contribution in [0.5, 0.6) is 5.75 Å². The highest BCUT2D eigenvalue weighted by Crippen LogP contribution is 2.28. The molecule has 0 saturated carbocycles. The van der Waals surface area contributed by atoms with Crippen molar-refractivity contribution >= 4 is 40.1 Å². The molecule has 6 nitrogen and oxygen atoms in total. The van der Waals surface area contributed by atoms with Crippen molar-refractivity contribution < 1.29 is 23.5 Å². The lowest BCUT2D eigenvalue weighted by molar-refractivity contribution is -0.123. The van der Waals surface area contributed by atoms with Gasteiger partial charge in [0.15, 0.2) is 6.10 Å². The number of esters is 1. The molecule has 0 aliphatic heterocycles. The van der Waals surface area contributed by atoms with Crippen LogP contribution in [-0.2, 0) is 9.53 Å². The summed E-state index contributed by atoms with van der Waals surface area (Å²) in [5.41, 5.74) is 1.71. The minimum atomic E-state index is -1.00. The summed E-state index contributed by atoms with van der Waals surface area (Å²) in [7, 11) is 1.56. The Kier molecular flexibility index (Phi) is 5.37. The molecule has 0 fully saturated rings. The molecule has 1 heterocycles. The number of furan rings is 1. The Morgan fingerprint density at radius 1 is 1.15 bits per heavy atom. The van der Waals surface area contributed by atoms with Gasteiger partial charge in [0.25, 0.3) is 5.91 Å². The highest BCUT2D eigenvalue weighted by atomic mass is 35.5. The molecule has 27 heavy (non-hydrogen) atoms. The first-order valence-corrected chi connectivity index (χ1v) is 8.61. The summed E-state index contributed by atoms with van der Waals surface area (Å²) >= 11 is 5.98. The van der Waals surface area contributed by atoms with E-state index >= 15 is 0 Å². The molecular weight excluding hydrogens is 370 g/mol. The fourth-order valence-electron chi connectivity index (χ4n) is 2.57. The van der Waals surface area contributed by atoms with E-state index in [9.17, 15) is 9.59 Å². The molecule has 0 bridgehead atoms. The van der Waals surface area contributed by atoms with Gasteiger partial charge in [0.1, 0.15) is 11.3 Å². The van der Waals surface area contributed by atoms with Gasteiger partial charge in [0, 0.05) is 21.7 Å². The first kappa shape index (κ1) is 18.8. The summed E-state index contributed by atoms with van der Waals surface area (Å²) in [6.45, 7) is 3.23. The summed E-state index contributed by atoms with van der Waals surface area (Å²) in [5, 5.41) is 3.95. The van der Waals surface area contributed by atoms with Crippen LogP contribution >= 0.6 is 11.6 Å². The monoisotopic (exact) mass is 387 g/mol. The average molecular weight is 388 g/mol. The number of benzene rings is 2. The maximum atomic E-state index is 12.4. The summed E-state index contributed by atoms with van der Waals surface area (Å²) in [4.78, 5) is 24.7. The molecule has 3 rings (SSSR count). The van der Waals surface area contributed by atoms with E-state index in [1.165, 1.54) is 6.92 Å². The van der Waals surface area contributed by atoms with Gasteiger partial charge < -0.3 is 19.2 Å². The topological polar surface area (TPSA) is 77.8 Å². The van der Waals surface area contributed by atoms with E-state index in [1.807, 2.05) is 0 Å². The van der Waals surface area contributed by atoms with Gasteiger partial charge in [-0.3, -0.25) is 4.79 Å². The van der Waals surface area contributed by atoms with Crippen molar-refractivity contribution in [2.45, 2.75) is 20.0 Å². The third kappa shape index (κ3) is 4.06. The number of aryl methyl sites for hydroxylation is 1. The molecule has 1 N–H and O–H groups in total. The molecule has 1 atom stereocenters. The Bertz CT molecular complexity index is 994. The van der Waals surface area contributed by atoms with Crippen LogP contribution in [0.1, 0.15) is 23.0 Å². The lowest BCUT2D eigenvalue weighted by atomic mass is 10.1. The number of carbonyl (C=O) groups excluding carboxylic acids is 2. The van der Waals surface area contributed by atoms with Gasteiger partial charge in [-0.05, 0) is 56.3 Å². The average Bonchev–Trinajstić information content (AvgIpc) is 2.98. The van der Waals surface area contributed by atoms with Crippen molar-refractivity contribution in [3.8, 4) is 5.75 Å². The van der Waals surface area contributed by atoms with Crippen LogP contribution in [0.2, 0.25) is 5.02 Å². The number of nitrogens with one attached hydrogen (secondary N) is 1. The second kappa shape index (κ2) is 7.72. The van der Waals surface area contributed by atoms with E-state index in [-0.39, 0.29) is 5.76 Å². The first-order chi connectivity index (χ1) is 12.9. The first-order valence-electron chi connectivity index (χ1n) is 8.23. The molecule has 1 aromatic heterocycles. The largest absolute Gasteiger partial charge is 0.497 e. The van der Waals surface area contributed by atoms with Crippen LogP contribution in [0.25, 0.3) is 11.0 Å². The third-order valence-electron chi connectivity index (χ3n) is 4.09. The van der Waals surface area contributed by atoms with Crippen molar-refractivity contribution in [1.82, 2.24) is 0 Å². The summed E-state index contributed by atoms with van der Waals surface area (Å²) in [5.74, 6) is -0.438. The molecule has 2 aromatic carbocycles. The number of hydrogen-bond donors (Lipinski definition) is 1. The number of anilines is 1. The summed E-state index contributed by atoms with van der Waals surface area (Å²) in [6.07, 6.45) is -1.00. The number of rotatable bonds is 5. The van der Waals surface area contributed by atoms with Crippen LogP contribution in [0.15, 0.2) is 46.9 Å². The van der Waals surface area contributed by atoms with Gasteiger partial charge in [0.2, 0.25) is 5.76 Å². The van der Waals surface area contributed by atoms with Gasteiger partial charge in [-0.25, -0.2) is 4.79 Å². The smallest absolute Gasteiger partial charge is 0.375 e. The van der Waals surface area contributed by atoms with Gasteiger partial charge in [-0.2, -0.15) is 0 Å². The van der Waals surface area contributed by atoms with Crippen LogP contribution in [0.4, 0.5) is 5.69 Å². The zero-order valence-electron chi connectivity index (χ0n) is 15.0. The Balaban J connectivity index is 1.69. The van der Waals surface area contributed by atoms with E-state index < -0.39 is 18.0 Å². The van der Waals surface area contributed by atoms with Gasteiger partial charge in [0.05, 0.1) is 7.11 Å². The predicted octanol–water partition coefficient (Wildman–Crippen LogP) is 4.59. The zero-order valence-corrected chi connectivity index (χ0v) is 15.8. The van der Waals surface area contributed by atoms with Crippen molar-refractivity contribution in [3.05, 3.63) is 58.8 Å². The fraction of sp³-hybridized carbons (Fsp3) is 0.200. The minimum Gasteiger partial charge on any atom is -0.497 e. The highest BCUT2D eigenvalue weighted by Gasteiger charge is 2.24. The quantitative estimate of drug-likeness (QED) is 0.648. The molecule has 0 aliphatic rings. The van der Waals surface area contributed by atoms with Gasteiger partial charge in [-0.15, -0.1) is 0 Å². The molecule has 0 radical (unpaired) electrons. The number of amides is 1. The molecule has 0 unspecified atom stereocenters. The number of ether oxygens (including phenoxy) is 2. The molecule has 140 valence electrons. The van der Waals surface area contributed by atoms with E-state index in [4.69, 9.17) is 25.5 Å². The summed E-state index contributed by atoms with van der Waals surface area (Å²) < 4.78 is 15.9. The number of hydrogen-bond acceptors (Lipinski definition) is 5. The van der Waals surface area contributed by atoms with E-state index in [0.717, 1.165) is 5.39 Å². The van der Waals surface area contributed by atoms with Crippen molar-refractivity contribution in [3.63, 3.8) is 0 Å². The van der Waals surface area contributed by atoms with E-state index in [1.54, 1.807) is 56.5 Å². The zero-order chi connectivity index (χ0) is 19.6. The highest BCUT2D eigenvalue weighted by molar-refractivity contribution is 6.31. The molecule has 3 aromatic rings. The molecule has 7 heteroatoms. The molecule has 0 spiro atoms. The molecular formula is C20H18ClNO5. The lowest BCUT2D eigenvalue weighted by Crippen LogP contribution is -2.30. The van der Waals surface area contributed by atoms with Crippen LogP contribution < -0.4 is 10.1 Å². The number of carbonyl (C=O) groups is 2. The number of fused-ring (bicyclic) bond motifs is 1. The molecule has 1 amide bonds. The van der Waals surface area contributed by atoms with Crippen molar-refractivity contribution in [2.75, 3.05) is 12.4 Å². The second-order valence-electron chi connectivity index (χ2n) is 5.96. The van der Waals surface area contributed by atoms with Gasteiger partial charge >= 0.3 is 5.97 Å². The van der Waals surface area contributed by atoms with Gasteiger partial charge in [-0.1, -0.05) is 11.6 Å². The Hall–Kier alpha value is -2.99. The minimum absolute atomic E-state index is 0.0522. The standard InChI is InChI=1S/C20H18ClNO5/c1-11-16-10-13(21)4-9-17(16)27-18(11)20(24)26-12(2)19(23)22-14-5-7-15(25-3)8-6-14/h4-10,12H,1-3H3,(H,22,23)/t12-/m0/s1. The van der Waals surface area contributed by atoms with Crippen LogP contribution in [0.3, 0.4) is 0 Å². The van der Waals surface area contributed by atoms with Crippen molar-refractivity contribution in [2.24, 2.45) is 0 Å². The van der Waals surface area contributed by atoms with E-state index in [0.29, 0.717) is 27.6 Å². The summed E-state index contributed by atoms with van der Waals surface area (Å²) in [6, 6.07) is 11.9. The van der Waals surface area contributed by atoms with Crippen molar-refractivity contribution in [1.29, 1.82) is 0 Å². The predicted molar refractivity (Wildman–Crippen MR) is 102 cm³/mol. The molecule has 0 saturated heterocycles. The number of methoxy groups -OCH3 is 1. The second-order valence-corrected chi connectivity index (χ2v) is 6.40. The normalized spacial score (nSPS) is 11.9. The SMILES string of the molecule is COc1ccc(NC(=O)[C@H](C)OC(=O)c2oc3ccc(Cl)cc3c2C)cc1. The Labute approximate surface area is 161 Å². The Morgan fingerprint density at radius 3 is 2.52 bits per heavy atom. The van der Waals surface area contributed by atoms with Crippen LogP contribution in [-0.4, -0.2) is 25.1 Å². The molecule has 0 aliphatic carbocycles. The third-order valence-corrected chi connectivity index (χ3v) is 4.33. The maximum absolute atomic E-state index is 12.4.